The molecule has 1 heterocycles. The molecule has 1 aromatic rings. The van der Waals surface area contributed by atoms with Gasteiger partial charge in [-0.3, -0.25) is 4.79 Å². The molecule has 1 rings (SSSR count). The van der Waals surface area contributed by atoms with Gasteiger partial charge in [0.2, 0.25) is 0 Å². The van der Waals surface area contributed by atoms with Gasteiger partial charge < -0.3 is 4.90 Å². The van der Waals surface area contributed by atoms with Gasteiger partial charge in [0.25, 0.3) is 0 Å². The Morgan fingerprint density at radius 2 is 2.12 bits per heavy atom. The van der Waals surface area contributed by atoms with Crippen LogP contribution in [-0.2, 0) is 4.79 Å². The Balaban J connectivity index is 2.82. The van der Waals surface area contributed by atoms with Crippen molar-refractivity contribution >= 4 is 11.5 Å². The average Bonchev–Trinajstić information content (AvgIpc) is 2.66. The van der Waals surface area contributed by atoms with E-state index < -0.39 is 5.41 Å². The van der Waals surface area contributed by atoms with Gasteiger partial charge in [-0.15, -0.1) is 0 Å². The van der Waals surface area contributed by atoms with Crippen molar-refractivity contribution in [3.8, 4) is 0 Å². The number of carbonyl (C=O) groups is 1. The number of hydrogen-bond acceptors (Lipinski definition) is 4. The maximum Gasteiger partial charge on any atom is 0.187 e. The summed E-state index contributed by atoms with van der Waals surface area (Å²) in [5.41, 5.74) is -0.128. The largest absolute Gasteiger partial charge is 0.308 e. The lowest BCUT2D eigenvalue weighted by molar-refractivity contribution is -0.122. The molecule has 5 nitrogen and oxygen atoms in total. The highest BCUT2D eigenvalue weighted by Gasteiger charge is 2.30. The molecule has 0 aliphatic heterocycles. The highest BCUT2D eigenvalue weighted by Crippen LogP contribution is 2.22. The number of allylic oxidation sites excluding steroid dienone is 1. The summed E-state index contributed by atoms with van der Waals surface area (Å²) in [5.74, 6) is -0.0216. The van der Waals surface area contributed by atoms with Crippen LogP contribution in [0.2, 0.25) is 0 Å². The molecule has 0 saturated heterocycles. The normalized spacial score (nSPS) is 11.8. The van der Waals surface area contributed by atoms with Crippen LogP contribution < -0.4 is 0 Å². The zero-order valence-corrected chi connectivity index (χ0v) is 10.3. The van der Waals surface area contributed by atoms with E-state index in [-0.39, 0.29) is 5.78 Å². The van der Waals surface area contributed by atoms with E-state index in [9.17, 15) is 4.79 Å². The summed E-state index contributed by atoms with van der Waals surface area (Å²) < 4.78 is 1.40. The summed E-state index contributed by atoms with van der Waals surface area (Å²) in [6, 6.07) is 0. The molecule has 0 unspecified atom stereocenters. The van der Waals surface area contributed by atoms with Crippen molar-refractivity contribution < 1.29 is 4.79 Å². The van der Waals surface area contributed by atoms with Gasteiger partial charge in [0.15, 0.2) is 5.78 Å². The molecule has 0 aliphatic rings. The first-order chi connectivity index (χ1) is 7.34. The fourth-order valence-electron chi connectivity index (χ4n) is 1.70. The van der Waals surface area contributed by atoms with E-state index >= 15 is 0 Å². The van der Waals surface area contributed by atoms with E-state index in [1.54, 1.807) is 0 Å². The van der Waals surface area contributed by atoms with Crippen LogP contribution in [0.15, 0.2) is 19.2 Å². The highest BCUT2D eigenvalue weighted by molar-refractivity contribution is 6.16. The lowest BCUT2D eigenvalue weighted by atomic mass is 9.86. The summed E-state index contributed by atoms with van der Waals surface area (Å²) in [6.45, 7) is 8.23. The van der Waals surface area contributed by atoms with Crippen LogP contribution in [0.3, 0.4) is 0 Å². The number of ketones is 1. The Morgan fingerprint density at radius 1 is 1.50 bits per heavy atom. The fraction of sp³-hybridized carbons (Fsp3) is 0.545. The number of rotatable bonds is 5. The van der Waals surface area contributed by atoms with Crippen molar-refractivity contribution in [1.82, 2.24) is 19.7 Å². The third-order valence-electron chi connectivity index (χ3n) is 2.28. The molecule has 0 radical (unpaired) electrons. The summed E-state index contributed by atoms with van der Waals surface area (Å²) in [5, 5.41) is 3.90. The van der Waals surface area contributed by atoms with Crippen molar-refractivity contribution in [1.29, 1.82) is 0 Å². The van der Waals surface area contributed by atoms with Crippen LogP contribution in [-0.4, -0.2) is 46.1 Å². The molecule has 0 aromatic carbocycles. The molecule has 88 valence electrons. The van der Waals surface area contributed by atoms with Crippen LogP contribution in [0.25, 0.3) is 5.70 Å². The second-order valence-electron chi connectivity index (χ2n) is 4.74. The van der Waals surface area contributed by atoms with Gasteiger partial charge in [0.05, 0.1) is 0 Å². The Kier molecular flexibility index (Phi) is 3.59. The minimum absolute atomic E-state index is 0.0216. The predicted octanol–water partition coefficient (Wildman–Crippen LogP) is 0.906. The number of carbonyl (C=O) groups excluding carboxylic acids is 1. The quantitative estimate of drug-likeness (QED) is 0.695. The molecule has 1 aromatic heterocycles. The fourth-order valence-corrected chi connectivity index (χ4v) is 1.70. The van der Waals surface area contributed by atoms with Crippen LogP contribution >= 0.6 is 0 Å². The maximum atomic E-state index is 12.2. The zero-order chi connectivity index (χ0) is 12.3. The maximum absolute atomic E-state index is 12.2. The summed E-state index contributed by atoms with van der Waals surface area (Å²) >= 11 is 0. The predicted molar refractivity (Wildman–Crippen MR) is 62.7 cm³/mol. The first-order valence-electron chi connectivity index (χ1n) is 5.08. The summed E-state index contributed by atoms with van der Waals surface area (Å²) in [4.78, 5) is 18.0. The third kappa shape index (κ3) is 2.76. The van der Waals surface area contributed by atoms with Crippen molar-refractivity contribution in [2.24, 2.45) is 5.41 Å². The molecule has 16 heavy (non-hydrogen) atoms. The zero-order valence-electron chi connectivity index (χ0n) is 10.3. The molecule has 0 N–H and O–H groups in total. The molecule has 0 saturated carbocycles. The standard InChI is InChI=1S/C11H18N4O/c1-9(15-8-12-7-13-15)10(16)11(2,3)6-14(4)5/h7-8H,1,6H2,2-5H3. The van der Waals surface area contributed by atoms with Crippen molar-refractivity contribution in [3.05, 3.63) is 19.2 Å². The van der Waals surface area contributed by atoms with Crippen molar-refractivity contribution in [2.75, 3.05) is 20.6 Å². The topological polar surface area (TPSA) is 51.0 Å². The van der Waals surface area contributed by atoms with Crippen molar-refractivity contribution in [2.45, 2.75) is 13.8 Å². The minimum Gasteiger partial charge on any atom is -0.308 e. The van der Waals surface area contributed by atoms with E-state index in [4.69, 9.17) is 0 Å². The monoisotopic (exact) mass is 222 g/mol. The smallest absolute Gasteiger partial charge is 0.187 e. The number of aromatic nitrogens is 3. The van der Waals surface area contributed by atoms with Crippen LogP contribution in [0.5, 0.6) is 0 Å². The second-order valence-corrected chi connectivity index (χ2v) is 4.74. The van der Waals surface area contributed by atoms with Gasteiger partial charge in [0, 0.05) is 12.0 Å². The molecular formula is C11H18N4O. The Labute approximate surface area is 95.8 Å². The molecule has 5 heteroatoms. The van der Waals surface area contributed by atoms with Gasteiger partial charge in [-0.1, -0.05) is 20.4 Å². The third-order valence-corrected chi connectivity index (χ3v) is 2.28. The Hall–Kier alpha value is -1.49. The molecule has 0 atom stereocenters. The van der Waals surface area contributed by atoms with Crippen LogP contribution in [0.1, 0.15) is 13.8 Å². The molecule has 0 bridgehead atoms. The Bertz CT molecular complexity index is 379. The lowest BCUT2D eigenvalue weighted by Gasteiger charge is -2.27. The molecule has 0 amide bonds. The van der Waals surface area contributed by atoms with E-state index in [0.29, 0.717) is 12.2 Å². The molecular weight excluding hydrogens is 204 g/mol. The lowest BCUT2D eigenvalue weighted by Crippen LogP contribution is -2.36. The minimum atomic E-state index is -0.480. The van der Waals surface area contributed by atoms with Gasteiger partial charge in [-0.05, 0) is 14.1 Å². The summed E-state index contributed by atoms with van der Waals surface area (Å²) in [7, 11) is 3.88. The molecule has 0 spiro atoms. The van der Waals surface area contributed by atoms with Crippen molar-refractivity contribution in [3.63, 3.8) is 0 Å². The number of Topliss-reactive ketones (excluding diaryl/α,β-unsaturated/α-hetero) is 1. The van der Waals surface area contributed by atoms with E-state index in [1.165, 1.54) is 17.3 Å². The molecule has 0 aliphatic carbocycles. The second kappa shape index (κ2) is 4.57. The van der Waals surface area contributed by atoms with Gasteiger partial charge in [-0.25, -0.2) is 9.67 Å². The van der Waals surface area contributed by atoms with Gasteiger partial charge in [-0.2, -0.15) is 5.10 Å². The van der Waals surface area contributed by atoms with Gasteiger partial charge in [0.1, 0.15) is 18.4 Å². The molecule has 0 fully saturated rings. The first-order valence-corrected chi connectivity index (χ1v) is 5.08. The number of hydrogen-bond donors (Lipinski definition) is 0. The highest BCUT2D eigenvalue weighted by atomic mass is 16.1. The van der Waals surface area contributed by atoms with E-state index in [2.05, 4.69) is 16.7 Å². The SMILES string of the molecule is C=C(C(=O)C(C)(C)CN(C)C)n1cncn1. The van der Waals surface area contributed by atoms with Crippen LogP contribution in [0, 0.1) is 5.41 Å². The van der Waals surface area contributed by atoms with Gasteiger partial charge >= 0.3 is 0 Å². The first kappa shape index (κ1) is 12.6. The average molecular weight is 222 g/mol. The van der Waals surface area contributed by atoms with Crippen LogP contribution in [0.4, 0.5) is 0 Å². The van der Waals surface area contributed by atoms with E-state index in [1.807, 2.05) is 32.8 Å². The number of nitrogens with zero attached hydrogens (tertiary/aromatic N) is 4. The van der Waals surface area contributed by atoms with E-state index in [0.717, 1.165) is 0 Å². The summed E-state index contributed by atoms with van der Waals surface area (Å²) in [6.07, 6.45) is 2.86. The Morgan fingerprint density at radius 3 is 2.56 bits per heavy atom.